The van der Waals surface area contributed by atoms with Gasteiger partial charge in [-0.3, -0.25) is 0 Å². The van der Waals surface area contributed by atoms with E-state index in [4.69, 9.17) is 0 Å². The van der Waals surface area contributed by atoms with E-state index in [9.17, 15) is 4.79 Å². The Bertz CT molecular complexity index is 247. The fraction of sp³-hybridized carbons (Fsp3) is 0.933. The molecule has 1 aliphatic carbocycles. The summed E-state index contributed by atoms with van der Waals surface area (Å²) in [5.41, 5.74) is 0. The molecule has 1 N–H and O–H groups in total. The Labute approximate surface area is 112 Å². The van der Waals surface area contributed by atoms with Crippen LogP contribution in [0.25, 0.3) is 0 Å². The van der Waals surface area contributed by atoms with E-state index < -0.39 is 0 Å². The van der Waals surface area contributed by atoms with Gasteiger partial charge in [0.15, 0.2) is 0 Å². The van der Waals surface area contributed by atoms with Gasteiger partial charge in [0.05, 0.1) is 0 Å². The first kappa shape index (κ1) is 15.3. The summed E-state index contributed by atoms with van der Waals surface area (Å²) in [4.78, 5) is 14.0. The SMILES string of the molecule is CC(C)CCC(C)NC(=O)N(C)C1CCCCC1. The molecule has 0 aromatic carbocycles. The Morgan fingerprint density at radius 1 is 1.17 bits per heavy atom. The minimum atomic E-state index is 0.109. The molecular weight excluding hydrogens is 224 g/mol. The van der Waals surface area contributed by atoms with Crippen molar-refractivity contribution in [1.82, 2.24) is 10.2 Å². The number of nitrogens with one attached hydrogen (secondary N) is 1. The zero-order valence-corrected chi connectivity index (χ0v) is 12.5. The summed E-state index contributed by atoms with van der Waals surface area (Å²) < 4.78 is 0. The molecule has 1 aliphatic rings. The van der Waals surface area contributed by atoms with E-state index in [1.54, 1.807) is 0 Å². The average Bonchev–Trinajstić information content (AvgIpc) is 2.36. The standard InChI is InChI=1S/C15H30N2O/c1-12(2)10-11-13(3)16-15(18)17(4)14-8-6-5-7-9-14/h12-14H,5-11H2,1-4H3,(H,16,18). The van der Waals surface area contributed by atoms with Gasteiger partial charge in [-0.1, -0.05) is 33.1 Å². The van der Waals surface area contributed by atoms with Crippen molar-refractivity contribution in [1.29, 1.82) is 0 Å². The zero-order valence-electron chi connectivity index (χ0n) is 12.5. The van der Waals surface area contributed by atoms with Crippen LogP contribution in [0.5, 0.6) is 0 Å². The molecule has 0 bridgehead atoms. The molecule has 18 heavy (non-hydrogen) atoms. The molecule has 2 amide bonds. The van der Waals surface area contributed by atoms with E-state index in [-0.39, 0.29) is 12.1 Å². The largest absolute Gasteiger partial charge is 0.336 e. The zero-order chi connectivity index (χ0) is 13.5. The van der Waals surface area contributed by atoms with E-state index in [1.165, 1.54) is 38.5 Å². The topological polar surface area (TPSA) is 32.3 Å². The van der Waals surface area contributed by atoms with Crippen molar-refractivity contribution < 1.29 is 4.79 Å². The number of amides is 2. The van der Waals surface area contributed by atoms with Crippen LogP contribution in [0.1, 0.15) is 65.7 Å². The highest BCUT2D eigenvalue weighted by molar-refractivity contribution is 5.74. The molecule has 0 radical (unpaired) electrons. The van der Waals surface area contributed by atoms with Crippen molar-refractivity contribution in [3.63, 3.8) is 0 Å². The van der Waals surface area contributed by atoms with E-state index in [0.29, 0.717) is 12.0 Å². The second-order valence-electron chi connectivity index (χ2n) is 6.22. The molecule has 0 aromatic heterocycles. The van der Waals surface area contributed by atoms with Gasteiger partial charge < -0.3 is 10.2 Å². The molecular formula is C15H30N2O. The smallest absolute Gasteiger partial charge is 0.317 e. The molecule has 3 heteroatoms. The lowest BCUT2D eigenvalue weighted by atomic mass is 9.95. The minimum absolute atomic E-state index is 0.109. The molecule has 1 saturated carbocycles. The molecule has 3 nitrogen and oxygen atoms in total. The summed E-state index contributed by atoms with van der Waals surface area (Å²) in [5, 5.41) is 3.12. The van der Waals surface area contributed by atoms with Crippen molar-refractivity contribution in [2.75, 3.05) is 7.05 Å². The number of carbonyl (C=O) groups excluding carboxylic acids is 1. The van der Waals surface area contributed by atoms with Gasteiger partial charge in [0.25, 0.3) is 0 Å². The first-order valence-corrected chi connectivity index (χ1v) is 7.54. The van der Waals surface area contributed by atoms with Gasteiger partial charge >= 0.3 is 6.03 Å². The number of urea groups is 1. The lowest BCUT2D eigenvalue weighted by Gasteiger charge is -2.32. The normalized spacial score (nSPS) is 18.7. The van der Waals surface area contributed by atoms with Gasteiger partial charge in [0.2, 0.25) is 0 Å². The Hall–Kier alpha value is -0.730. The molecule has 1 atom stereocenters. The molecule has 1 rings (SSSR count). The Morgan fingerprint density at radius 2 is 1.78 bits per heavy atom. The molecule has 106 valence electrons. The Balaban J connectivity index is 2.29. The fourth-order valence-corrected chi connectivity index (χ4v) is 2.60. The molecule has 0 aromatic rings. The van der Waals surface area contributed by atoms with Crippen LogP contribution in [0, 0.1) is 5.92 Å². The fourth-order valence-electron chi connectivity index (χ4n) is 2.60. The van der Waals surface area contributed by atoms with Crippen LogP contribution >= 0.6 is 0 Å². The van der Waals surface area contributed by atoms with E-state index >= 15 is 0 Å². The van der Waals surface area contributed by atoms with Crippen LogP contribution < -0.4 is 5.32 Å². The number of hydrogen-bond acceptors (Lipinski definition) is 1. The van der Waals surface area contributed by atoms with Gasteiger partial charge in [0, 0.05) is 19.1 Å². The quantitative estimate of drug-likeness (QED) is 0.795. The van der Waals surface area contributed by atoms with E-state index in [1.807, 2.05) is 11.9 Å². The Kier molecular flexibility index (Phi) is 6.51. The maximum atomic E-state index is 12.1. The van der Waals surface area contributed by atoms with Crippen LogP contribution in [0.2, 0.25) is 0 Å². The van der Waals surface area contributed by atoms with Gasteiger partial charge in [-0.2, -0.15) is 0 Å². The molecule has 0 heterocycles. The van der Waals surface area contributed by atoms with Gasteiger partial charge in [-0.05, 0) is 38.5 Å². The van der Waals surface area contributed by atoms with Crippen molar-refractivity contribution in [2.45, 2.75) is 77.8 Å². The maximum Gasteiger partial charge on any atom is 0.317 e. The van der Waals surface area contributed by atoms with Crippen molar-refractivity contribution in [3.05, 3.63) is 0 Å². The second-order valence-corrected chi connectivity index (χ2v) is 6.22. The average molecular weight is 254 g/mol. The van der Waals surface area contributed by atoms with Crippen LogP contribution in [0.15, 0.2) is 0 Å². The van der Waals surface area contributed by atoms with Gasteiger partial charge in [-0.25, -0.2) is 4.79 Å². The predicted octanol–water partition coefficient (Wildman–Crippen LogP) is 3.79. The van der Waals surface area contributed by atoms with E-state index in [2.05, 4.69) is 26.1 Å². The number of rotatable bonds is 5. The summed E-state index contributed by atoms with van der Waals surface area (Å²) in [5.74, 6) is 0.709. The molecule has 0 spiro atoms. The third kappa shape index (κ3) is 5.28. The minimum Gasteiger partial charge on any atom is -0.336 e. The lowest BCUT2D eigenvalue weighted by molar-refractivity contribution is 0.170. The highest BCUT2D eigenvalue weighted by Gasteiger charge is 2.22. The predicted molar refractivity (Wildman–Crippen MR) is 76.7 cm³/mol. The summed E-state index contributed by atoms with van der Waals surface area (Å²) >= 11 is 0. The van der Waals surface area contributed by atoms with Crippen molar-refractivity contribution in [3.8, 4) is 0 Å². The highest BCUT2D eigenvalue weighted by atomic mass is 16.2. The second kappa shape index (κ2) is 7.65. The highest BCUT2D eigenvalue weighted by Crippen LogP contribution is 2.21. The lowest BCUT2D eigenvalue weighted by Crippen LogP contribution is -2.47. The number of hydrogen-bond donors (Lipinski definition) is 1. The third-order valence-electron chi connectivity index (χ3n) is 3.99. The van der Waals surface area contributed by atoms with Crippen molar-refractivity contribution >= 4 is 6.03 Å². The summed E-state index contributed by atoms with van der Waals surface area (Å²) in [7, 11) is 1.94. The molecule has 0 aliphatic heterocycles. The summed E-state index contributed by atoms with van der Waals surface area (Å²) in [6.45, 7) is 6.56. The monoisotopic (exact) mass is 254 g/mol. The van der Waals surface area contributed by atoms with Crippen LogP contribution in [-0.4, -0.2) is 30.1 Å². The maximum absolute atomic E-state index is 12.1. The van der Waals surface area contributed by atoms with Gasteiger partial charge in [0.1, 0.15) is 0 Å². The summed E-state index contributed by atoms with van der Waals surface area (Å²) in [6.07, 6.45) is 8.46. The first-order chi connectivity index (χ1) is 8.50. The van der Waals surface area contributed by atoms with Crippen LogP contribution in [0.3, 0.4) is 0 Å². The third-order valence-corrected chi connectivity index (χ3v) is 3.99. The Morgan fingerprint density at radius 3 is 2.33 bits per heavy atom. The van der Waals surface area contributed by atoms with Crippen molar-refractivity contribution in [2.24, 2.45) is 5.92 Å². The number of carbonyl (C=O) groups is 1. The molecule has 1 fully saturated rings. The molecule has 1 unspecified atom stereocenters. The molecule has 0 saturated heterocycles. The summed E-state index contributed by atoms with van der Waals surface area (Å²) in [6, 6.07) is 0.847. The van der Waals surface area contributed by atoms with E-state index in [0.717, 1.165) is 6.42 Å². The van der Waals surface area contributed by atoms with Crippen LogP contribution in [-0.2, 0) is 0 Å². The number of nitrogens with zero attached hydrogens (tertiary/aromatic N) is 1. The first-order valence-electron chi connectivity index (χ1n) is 7.54. The van der Waals surface area contributed by atoms with Gasteiger partial charge in [-0.15, -0.1) is 0 Å². The van der Waals surface area contributed by atoms with Crippen LogP contribution in [0.4, 0.5) is 4.79 Å².